The van der Waals surface area contributed by atoms with E-state index in [1.807, 2.05) is 6.07 Å². The highest BCUT2D eigenvalue weighted by molar-refractivity contribution is 5.60. The maximum absolute atomic E-state index is 10.9. The molecule has 2 unspecified atom stereocenters. The van der Waals surface area contributed by atoms with Crippen molar-refractivity contribution in [2.24, 2.45) is 0 Å². The van der Waals surface area contributed by atoms with Gasteiger partial charge in [0.15, 0.2) is 0 Å². The Morgan fingerprint density at radius 2 is 2.32 bits per heavy atom. The van der Waals surface area contributed by atoms with Gasteiger partial charge in [-0.3, -0.25) is 10.1 Å². The van der Waals surface area contributed by atoms with Crippen molar-refractivity contribution < 1.29 is 9.66 Å². The molecule has 0 bridgehead atoms. The van der Waals surface area contributed by atoms with Gasteiger partial charge in [0.2, 0.25) is 0 Å². The molecule has 104 valence electrons. The molecule has 0 radical (unpaired) electrons. The zero-order valence-electron chi connectivity index (χ0n) is 11.4. The molecule has 1 aliphatic rings. The van der Waals surface area contributed by atoms with Crippen molar-refractivity contribution in [2.75, 3.05) is 11.9 Å². The number of nitrogens with zero attached hydrogens (tertiary/aromatic N) is 1. The van der Waals surface area contributed by atoms with Gasteiger partial charge in [-0.1, -0.05) is 13.0 Å². The van der Waals surface area contributed by atoms with Crippen LogP contribution in [0, 0.1) is 17.0 Å². The quantitative estimate of drug-likeness (QED) is 0.669. The summed E-state index contributed by atoms with van der Waals surface area (Å²) in [5, 5.41) is 14.3. The van der Waals surface area contributed by atoms with Crippen LogP contribution >= 0.6 is 0 Å². The van der Waals surface area contributed by atoms with Crippen LogP contribution in [0.25, 0.3) is 0 Å². The van der Waals surface area contributed by atoms with E-state index in [-0.39, 0.29) is 10.6 Å². The van der Waals surface area contributed by atoms with Gasteiger partial charge in [0, 0.05) is 30.0 Å². The summed E-state index contributed by atoms with van der Waals surface area (Å²) in [6.45, 7) is 4.66. The number of nitrogens with one attached hydrogen (secondary N) is 1. The molecule has 0 aromatic heterocycles. The van der Waals surface area contributed by atoms with Crippen molar-refractivity contribution in [3.05, 3.63) is 33.9 Å². The number of hydrogen-bond donors (Lipinski definition) is 1. The van der Waals surface area contributed by atoms with Gasteiger partial charge in [-0.05, 0) is 32.3 Å². The fraction of sp³-hybridized carbons (Fsp3) is 0.571. The normalized spacial score (nSPS) is 23.1. The Balaban J connectivity index is 2.10. The molecule has 0 aliphatic carbocycles. The van der Waals surface area contributed by atoms with E-state index in [2.05, 4.69) is 12.2 Å². The Labute approximate surface area is 113 Å². The fourth-order valence-electron chi connectivity index (χ4n) is 2.49. The first-order chi connectivity index (χ1) is 9.11. The van der Waals surface area contributed by atoms with E-state index in [0.29, 0.717) is 17.7 Å². The lowest BCUT2D eigenvalue weighted by Gasteiger charge is -2.30. The van der Waals surface area contributed by atoms with Crippen molar-refractivity contribution in [2.45, 2.75) is 45.3 Å². The first kappa shape index (κ1) is 13.8. The fourth-order valence-corrected chi connectivity index (χ4v) is 2.49. The zero-order valence-corrected chi connectivity index (χ0v) is 11.4. The number of benzene rings is 1. The highest BCUT2D eigenvalue weighted by atomic mass is 16.6. The minimum atomic E-state index is -0.334. The van der Waals surface area contributed by atoms with Gasteiger partial charge in [-0.15, -0.1) is 0 Å². The standard InChI is InChI=1S/C14H20N2O3/c1-3-12-9-11(7-8-19-12)15-13-5-4-6-14(10(13)2)16(17)18/h4-6,11-12,15H,3,7-9H2,1-2H3. The Kier molecular flexibility index (Phi) is 4.37. The smallest absolute Gasteiger partial charge is 0.274 e. The molecule has 19 heavy (non-hydrogen) atoms. The molecular formula is C14H20N2O3. The Morgan fingerprint density at radius 1 is 1.53 bits per heavy atom. The van der Waals surface area contributed by atoms with Crippen molar-refractivity contribution in [1.82, 2.24) is 0 Å². The summed E-state index contributed by atoms with van der Waals surface area (Å²) >= 11 is 0. The largest absolute Gasteiger partial charge is 0.382 e. The van der Waals surface area contributed by atoms with E-state index >= 15 is 0 Å². The molecule has 1 N–H and O–H groups in total. The molecule has 1 saturated heterocycles. The average Bonchev–Trinajstić information content (AvgIpc) is 2.41. The lowest BCUT2D eigenvalue weighted by atomic mass is 10.0. The highest BCUT2D eigenvalue weighted by Crippen LogP contribution is 2.27. The molecule has 1 fully saturated rings. The maximum Gasteiger partial charge on any atom is 0.274 e. The summed E-state index contributed by atoms with van der Waals surface area (Å²) in [6.07, 6.45) is 3.20. The third-order valence-electron chi connectivity index (χ3n) is 3.68. The van der Waals surface area contributed by atoms with Crippen LogP contribution < -0.4 is 5.32 Å². The molecular weight excluding hydrogens is 244 g/mol. The number of nitro groups is 1. The number of nitro benzene ring substituents is 1. The molecule has 0 amide bonds. The van der Waals surface area contributed by atoms with Crippen LogP contribution in [0.2, 0.25) is 0 Å². The maximum atomic E-state index is 10.9. The Bertz CT molecular complexity index is 462. The predicted molar refractivity (Wildman–Crippen MR) is 74.5 cm³/mol. The van der Waals surface area contributed by atoms with Crippen molar-refractivity contribution >= 4 is 11.4 Å². The monoisotopic (exact) mass is 264 g/mol. The van der Waals surface area contributed by atoms with Crippen LogP contribution in [0.1, 0.15) is 31.7 Å². The van der Waals surface area contributed by atoms with Crippen molar-refractivity contribution in [3.63, 3.8) is 0 Å². The van der Waals surface area contributed by atoms with Crippen LogP contribution in [0.4, 0.5) is 11.4 Å². The van der Waals surface area contributed by atoms with E-state index in [9.17, 15) is 10.1 Å². The molecule has 1 aliphatic heterocycles. The second kappa shape index (κ2) is 6.02. The second-order valence-electron chi connectivity index (χ2n) is 4.97. The van der Waals surface area contributed by atoms with Gasteiger partial charge in [0.1, 0.15) is 0 Å². The predicted octanol–water partition coefficient (Wildman–Crippen LogP) is 3.27. The number of ether oxygens (including phenoxy) is 1. The van der Waals surface area contributed by atoms with E-state index in [1.165, 1.54) is 0 Å². The van der Waals surface area contributed by atoms with E-state index in [0.717, 1.165) is 31.6 Å². The van der Waals surface area contributed by atoms with Gasteiger partial charge < -0.3 is 10.1 Å². The summed E-state index contributed by atoms with van der Waals surface area (Å²) in [7, 11) is 0. The summed E-state index contributed by atoms with van der Waals surface area (Å²) in [4.78, 5) is 10.6. The number of rotatable bonds is 4. The zero-order chi connectivity index (χ0) is 13.8. The van der Waals surface area contributed by atoms with E-state index in [1.54, 1.807) is 19.1 Å². The third kappa shape index (κ3) is 3.23. The third-order valence-corrected chi connectivity index (χ3v) is 3.68. The minimum Gasteiger partial charge on any atom is -0.382 e. The number of anilines is 1. The highest BCUT2D eigenvalue weighted by Gasteiger charge is 2.22. The lowest BCUT2D eigenvalue weighted by Crippen LogP contribution is -2.33. The molecule has 0 spiro atoms. The molecule has 1 heterocycles. The van der Waals surface area contributed by atoms with Crippen LogP contribution in [-0.4, -0.2) is 23.7 Å². The SMILES string of the molecule is CCC1CC(Nc2cccc([N+](=O)[O-])c2C)CCO1. The topological polar surface area (TPSA) is 64.4 Å². The molecule has 1 aromatic carbocycles. The molecule has 2 rings (SSSR count). The second-order valence-corrected chi connectivity index (χ2v) is 4.97. The first-order valence-corrected chi connectivity index (χ1v) is 6.74. The van der Waals surface area contributed by atoms with Crippen LogP contribution in [0.5, 0.6) is 0 Å². The van der Waals surface area contributed by atoms with Gasteiger partial charge in [-0.2, -0.15) is 0 Å². The van der Waals surface area contributed by atoms with Gasteiger partial charge in [0.05, 0.1) is 11.0 Å². The van der Waals surface area contributed by atoms with Gasteiger partial charge in [0.25, 0.3) is 5.69 Å². The van der Waals surface area contributed by atoms with Crippen LogP contribution in [0.15, 0.2) is 18.2 Å². The molecule has 2 atom stereocenters. The van der Waals surface area contributed by atoms with Crippen molar-refractivity contribution in [1.29, 1.82) is 0 Å². The summed E-state index contributed by atoms with van der Waals surface area (Å²) < 4.78 is 5.64. The van der Waals surface area contributed by atoms with Crippen LogP contribution in [-0.2, 0) is 4.74 Å². The minimum absolute atomic E-state index is 0.170. The van der Waals surface area contributed by atoms with Gasteiger partial charge >= 0.3 is 0 Å². The molecule has 5 nitrogen and oxygen atoms in total. The summed E-state index contributed by atoms with van der Waals surface area (Å²) in [5.74, 6) is 0. The molecule has 5 heteroatoms. The molecule has 0 saturated carbocycles. The summed E-state index contributed by atoms with van der Waals surface area (Å²) in [5.41, 5.74) is 1.73. The van der Waals surface area contributed by atoms with Gasteiger partial charge in [-0.25, -0.2) is 0 Å². The van der Waals surface area contributed by atoms with E-state index < -0.39 is 0 Å². The molecule has 1 aromatic rings. The lowest BCUT2D eigenvalue weighted by molar-refractivity contribution is -0.385. The summed E-state index contributed by atoms with van der Waals surface area (Å²) in [6, 6.07) is 5.50. The Morgan fingerprint density at radius 3 is 3.00 bits per heavy atom. The first-order valence-electron chi connectivity index (χ1n) is 6.74. The van der Waals surface area contributed by atoms with Crippen molar-refractivity contribution in [3.8, 4) is 0 Å². The Hall–Kier alpha value is -1.62. The van der Waals surface area contributed by atoms with Crippen LogP contribution in [0.3, 0.4) is 0 Å². The van der Waals surface area contributed by atoms with E-state index in [4.69, 9.17) is 4.74 Å². The average molecular weight is 264 g/mol. The number of hydrogen-bond acceptors (Lipinski definition) is 4.